The largest absolute Gasteiger partial charge is 0.345 e. The Morgan fingerprint density at radius 1 is 1.05 bits per heavy atom. The Kier molecular flexibility index (Phi) is 6.32. The lowest BCUT2D eigenvalue weighted by Gasteiger charge is -2.45. The van der Waals surface area contributed by atoms with E-state index in [0.29, 0.717) is 12.8 Å². The summed E-state index contributed by atoms with van der Waals surface area (Å²) in [6, 6.07) is 0. The average Bonchev–Trinajstić information content (AvgIpc) is 2.43. The zero-order valence-electron chi connectivity index (χ0n) is 12.6. The Hall–Kier alpha value is -1.06. The van der Waals surface area contributed by atoms with Gasteiger partial charge in [-0.25, -0.2) is 0 Å². The quantitative estimate of drug-likeness (QED) is 0.688. The van der Waals surface area contributed by atoms with Gasteiger partial charge in [-0.15, -0.1) is 0 Å². The number of unbranched alkanes of at least 4 members (excludes halogenated alkanes) is 4. The first-order valence-electron chi connectivity index (χ1n) is 7.71. The van der Waals surface area contributed by atoms with Crippen molar-refractivity contribution in [3.05, 3.63) is 0 Å². The highest BCUT2D eigenvalue weighted by Gasteiger charge is 2.46. The highest BCUT2D eigenvalue weighted by molar-refractivity contribution is 5.97. The van der Waals surface area contributed by atoms with Crippen LogP contribution in [-0.4, -0.2) is 35.3 Å². The molecule has 0 spiro atoms. The van der Waals surface area contributed by atoms with Crippen molar-refractivity contribution in [1.82, 2.24) is 10.2 Å². The Bertz CT molecular complexity index is 311. The number of carbonyl (C=O) groups excluding carboxylic acids is 2. The van der Waals surface area contributed by atoms with Crippen molar-refractivity contribution in [2.45, 2.75) is 71.3 Å². The van der Waals surface area contributed by atoms with Gasteiger partial charge in [-0.1, -0.05) is 46.5 Å². The molecular formula is C15H28N2O2. The molecule has 0 bridgehead atoms. The topological polar surface area (TPSA) is 49.4 Å². The zero-order valence-corrected chi connectivity index (χ0v) is 12.6. The lowest BCUT2D eigenvalue weighted by Crippen LogP contribution is -2.66. The van der Waals surface area contributed by atoms with Gasteiger partial charge in [0.05, 0.1) is 6.54 Å². The molecule has 1 aliphatic rings. The number of carbonyl (C=O) groups is 2. The van der Waals surface area contributed by atoms with Gasteiger partial charge >= 0.3 is 0 Å². The van der Waals surface area contributed by atoms with E-state index in [1.165, 1.54) is 19.3 Å². The van der Waals surface area contributed by atoms with Crippen LogP contribution in [0.1, 0.15) is 65.7 Å². The van der Waals surface area contributed by atoms with E-state index in [9.17, 15) is 9.59 Å². The van der Waals surface area contributed by atoms with Gasteiger partial charge < -0.3 is 10.2 Å². The molecule has 0 radical (unpaired) electrons. The third-order valence-corrected chi connectivity index (χ3v) is 4.30. The Morgan fingerprint density at radius 3 is 2.26 bits per heavy atom. The summed E-state index contributed by atoms with van der Waals surface area (Å²) in [5.41, 5.74) is -0.611. The first-order valence-corrected chi connectivity index (χ1v) is 7.71. The maximum absolute atomic E-state index is 12.2. The minimum atomic E-state index is -0.611. The molecule has 1 rings (SSSR count). The molecule has 1 fully saturated rings. The van der Waals surface area contributed by atoms with Crippen molar-refractivity contribution in [3.63, 3.8) is 0 Å². The molecule has 110 valence electrons. The number of hydrogen-bond donors (Lipinski definition) is 1. The second kappa shape index (κ2) is 7.51. The molecule has 0 unspecified atom stereocenters. The molecule has 1 N–H and O–H groups in total. The van der Waals surface area contributed by atoms with E-state index in [0.717, 1.165) is 19.4 Å². The normalized spacial score (nSPS) is 18.6. The second-order valence-corrected chi connectivity index (χ2v) is 5.38. The summed E-state index contributed by atoms with van der Waals surface area (Å²) in [5, 5.41) is 2.74. The number of amides is 2. The third kappa shape index (κ3) is 3.48. The molecule has 0 aromatic rings. The number of nitrogens with zero attached hydrogens (tertiary/aromatic N) is 1. The Labute approximate surface area is 116 Å². The van der Waals surface area contributed by atoms with Crippen molar-refractivity contribution in [2.24, 2.45) is 0 Å². The van der Waals surface area contributed by atoms with Gasteiger partial charge in [0.2, 0.25) is 11.8 Å². The molecular weight excluding hydrogens is 240 g/mol. The molecule has 1 heterocycles. The van der Waals surface area contributed by atoms with Crippen LogP contribution in [0.5, 0.6) is 0 Å². The maximum atomic E-state index is 12.2. The maximum Gasteiger partial charge on any atom is 0.246 e. The predicted octanol–water partition coefficient (Wildman–Crippen LogP) is 2.47. The van der Waals surface area contributed by atoms with Crippen LogP contribution in [0.2, 0.25) is 0 Å². The highest BCUT2D eigenvalue weighted by atomic mass is 16.2. The van der Waals surface area contributed by atoms with Crippen LogP contribution in [0, 0.1) is 0 Å². The van der Waals surface area contributed by atoms with Gasteiger partial charge in [0.15, 0.2) is 0 Å². The molecule has 1 saturated heterocycles. The van der Waals surface area contributed by atoms with E-state index in [1.54, 1.807) is 0 Å². The van der Waals surface area contributed by atoms with Crippen molar-refractivity contribution in [3.8, 4) is 0 Å². The standard InChI is InChI=1S/C15H28N2O2/c1-4-7-8-9-10-11-17-13(18)12-16-14(19)15(17,5-2)6-3/h4-12H2,1-3H3,(H,16,19). The minimum Gasteiger partial charge on any atom is -0.345 e. The molecule has 2 amide bonds. The molecule has 19 heavy (non-hydrogen) atoms. The summed E-state index contributed by atoms with van der Waals surface area (Å²) < 4.78 is 0. The van der Waals surface area contributed by atoms with Crippen molar-refractivity contribution in [1.29, 1.82) is 0 Å². The Balaban J connectivity index is 2.63. The number of nitrogens with one attached hydrogen (secondary N) is 1. The Morgan fingerprint density at radius 2 is 1.68 bits per heavy atom. The fourth-order valence-corrected chi connectivity index (χ4v) is 2.94. The SMILES string of the molecule is CCCCCCCN1C(=O)CNC(=O)C1(CC)CC. The van der Waals surface area contributed by atoms with Gasteiger partial charge in [0.25, 0.3) is 0 Å². The minimum absolute atomic E-state index is 0.0191. The van der Waals surface area contributed by atoms with Gasteiger partial charge in [-0.3, -0.25) is 9.59 Å². The summed E-state index contributed by atoms with van der Waals surface area (Å²) in [6.07, 6.45) is 7.21. The summed E-state index contributed by atoms with van der Waals surface area (Å²) >= 11 is 0. The molecule has 4 heteroatoms. The molecule has 0 atom stereocenters. The first-order chi connectivity index (χ1) is 9.12. The van der Waals surface area contributed by atoms with E-state index in [2.05, 4.69) is 12.2 Å². The molecule has 0 aromatic heterocycles. The van der Waals surface area contributed by atoms with E-state index in [1.807, 2.05) is 18.7 Å². The van der Waals surface area contributed by atoms with Crippen LogP contribution < -0.4 is 5.32 Å². The number of rotatable bonds is 8. The van der Waals surface area contributed by atoms with Gasteiger partial charge in [-0.05, 0) is 19.3 Å². The van der Waals surface area contributed by atoms with Crippen molar-refractivity contribution >= 4 is 11.8 Å². The third-order valence-electron chi connectivity index (χ3n) is 4.30. The molecule has 0 aromatic carbocycles. The fourth-order valence-electron chi connectivity index (χ4n) is 2.94. The van der Waals surface area contributed by atoms with E-state index in [-0.39, 0.29) is 18.4 Å². The van der Waals surface area contributed by atoms with Gasteiger partial charge in [0.1, 0.15) is 5.54 Å². The monoisotopic (exact) mass is 268 g/mol. The summed E-state index contributed by atoms with van der Waals surface area (Å²) in [4.78, 5) is 26.1. The van der Waals surface area contributed by atoms with Crippen molar-refractivity contribution < 1.29 is 9.59 Å². The van der Waals surface area contributed by atoms with Crippen LogP contribution >= 0.6 is 0 Å². The fraction of sp³-hybridized carbons (Fsp3) is 0.867. The van der Waals surface area contributed by atoms with Gasteiger partial charge in [-0.2, -0.15) is 0 Å². The lowest BCUT2D eigenvalue weighted by molar-refractivity contribution is -0.154. The summed E-state index contributed by atoms with van der Waals surface area (Å²) in [7, 11) is 0. The van der Waals surface area contributed by atoms with Crippen LogP contribution in [0.4, 0.5) is 0 Å². The van der Waals surface area contributed by atoms with Crippen LogP contribution in [0.15, 0.2) is 0 Å². The molecule has 0 aliphatic carbocycles. The summed E-state index contributed by atoms with van der Waals surface area (Å²) in [5.74, 6) is 0.0875. The van der Waals surface area contributed by atoms with E-state index < -0.39 is 5.54 Å². The summed E-state index contributed by atoms with van der Waals surface area (Å²) in [6.45, 7) is 7.06. The molecule has 0 saturated carbocycles. The van der Waals surface area contributed by atoms with Crippen molar-refractivity contribution in [2.75, 3.05) is 13.1 Å². The first kappa shape index (κ1) is 16.0. The van der Waals surface area contributed by atoms with Crippen LogP contribution in [0.3, 0.4) is 0 Å². The smallest absolute Gasteiger partial charge is 0.246 e. The zero-order chi connectivity index (χ0) is 14.3. The second-order valence-electron chi connectivity index (χ2n) is 5.38. The van der Waals surface area contributed by atoms with Crippen LogP contribution in [-0.2, 0) is 9.59 Å². The van der Waals surface area contributed by atoms with E-state index >= 15 is 0 Å². The number of piperazine rings is 1. The number of hydrogen-bond acceptors (Lipinski definition) is 2. The average molecular weight is 268 g/mol. The predicted molar refractivity (Wildman–Crippen MR) is 76.8 cm³/mol. The van der Waals surface area contributed by atoms with Crippen LogP contribution in [0.25, 0.3) is 0 Å². The highest BCUT2D eigenvalue weighted by Crippen LogP contribution is 2.27. The molecule has 4 nitrogen and oxygen atoms in total. The molecule has 1 aliphatic heterocycles. The lowest BCUT2D eigenvalue weighted by atomic mass is 9.87. The van der Waals surface area contributed by atoms with E-state index in [4.69, 9.17) is 0 Å². The van der Waals surface area contributed by atoms with Gasteiger partial charge in [0, 0.05) is 6.54 Å².